The zero-order valence-corrected chi connectivity index (χ0v) is 29.9. The number of esters is 1. The third-order valence-electron chi connectivity index (χ3n) is 11.4. The van der Waals surface area contributed by atoms with Crippen molar-refractivity contribution >= 4 is 34.9 Å². The van der Waals surface area contributed by atoms with Crippen LogP contribution in [0.2, 0.25) is 0 Å². The van der Waals surface area contributed by atoms with Gasteiger partial charge in [0.2, 0.25) is 0 Å². The van der Waals surface area contributed by atoms with Crippen LogP contribution in [0.4, 0.5) is 5.69 Å². The van der Waals surface area contributed by atoms with Crippen molar-refractivity contribution in [2.45, 2.75) is 76.7 Å². The van der Waals surface area contributed by atoms with Crippen molar-refractivity contribution in [1.82, 2.24) is 0 Å². The highest BCUT2D eigenvalue weighted by molar-refractivity contribution is 6.18. The Morgan fingerprint density at radius 3 is 2.44 bits per heavy atom. The summed E-state index contributed by atoms with van der Waals surface area (Å²) >= 11 is 11.9. The van der Waals surface area contributed by atoms with Crippen molar-refractivity contribution in [3.05, 3.63) is 95.1 Å². The first kappa shape index (κ1) is 35.3. The largest absolute Gasteiger partial charge is 0.423 e. The number of halogens is 2. The van der Waals surface area contributed by atoms with Crippen molar-refractivity contribution in [2.75, 3.05) is 49.6 Å². The van der Waals surface area contributed by atoms with Crippen molar-refractivity contribution in [3.8, 4) is 5.75 Å². The summed E-state index contributed by atoms with van der Waals surface area (Å²) in [5.41, 5.74) is 6.18. The molecule has 6 rings (SSSR count). The molecule has 0 heterocycles. The molecule has 7 heteroatoms. The molecule has 4 unspecified atom stereocenters. The first-order valence-electron chi connectivity index (χ1n) is 18.1. The minimum atomic E-state index is -0.299. The van der Waals surface area contributed by atoms with Gasteiger partial charge in [0.15, 0.2) is 0 Å². The van der Waals surface area contributed by atoms with Gasteiger partial charge < -0.3 is 19.1 Å². The van der Waals surface area contributed by atoms with E-state index in [4.69, 9.17) is 37.4 Å². The molecule has 3 aromatic rings. The van der Waals surface area contributed by atoms with E-state index in [-0.39, 0.29) is 11.4 Å². The highest BCUT2D eigenvalue weighted by Gasteiger charge is 2.55. The van der Waals surface area contributed by atoms with Crippen LogP contribution in [0.15, 0.2) is 72.8 Å². The molecule has 5 atom stereocenters. The third kappa shape index (κ3) is 8.24. The van der Waals surface area contributed by atoms with Gasteiger partial charge in [0.1, 0.15) is 5.75 Å². The number of carbonyl (C=O) groups excluding carboxylic acids is 1. The molecule has 3 aromatic carbocycles. The average Bonchev–Trinajstić information content (AvgIpc) is 3.45. The van der Waals surface area contributed by atoms with Gasteiger partial charge >= 0.3 is 5.97 Å². The molecule has 0 amide bonds. The van der Waals surface area contributed by atoms with Crippen LogP contribution in [-0.4, -0.2) is 56.7 Å². The second kappa shape index (κ2) is 16.9. The molecule has 0 aliphatic heterocycles. The lowest BCUT2D eigenvalue weighted by Crippen LogP contribution is -2.45. The molecule has 5 nitrogen and oxygen atoms in total. The fourth-order valence-corrected chi connectivity index (χ4v) is 9.33. The van der Waals surface area contributed by atoms with E-state index in [0.717, 1.165) is 51.8 Å². The van der Waals surface area contributed by atoms with Crippen LogP contribution >= 0.6 is 23.2 Å². The van der Waals surface area contributed by atoms with E-state index in [0.29, 0.717) is 60.1 Å². The number of hydrogen-bond donors (Lipinski definition) is 0. The van der Waals surface area contributed by atoms with Gasteiger partial charge in [0.05, 0.1) is 24.9 Å². The molecule has 0 bridgehead atoms. The average molecular weight is 693 g/mol. The van der Waals surface area contributed by atoms with E-state index in [1.807, 2.05) is 24.3 Å². The van der Waals surface area contributed by atoms with Crippen LogP contribution in [0.25, 0.3) is 0 Å². The second-order valence-corrected chi connectivity index (χ2v) is 14.9. The lowest BCUT2D eigenvalue weighted by Gasteiger charge is -2.50. The zero-order chi connectivity index (χ0) is 33.3. The van der Waals surface area contributed by atoms with E-state index in [1.165, 1.54) is 48.1 Å². The molecule has 3 aliphatic rings. The number of unbranched alkanes of at least 4 members (excludes halogenated alkanes) is 1. The molecule has 0 spiro atoms. The molecular weight excluding hydrogens is 641 g/mol. The van der Waals surface area contributed by atoms with Crippen LogP contribution in [0.3, 0.4) is 0 Å². The van der Waals surface area contributed by atoms with E-state index < -0.39 is 0 Å². The molecule has 0 radical (unpaired) electrons. The molecule has 48 heavy (non-hydrogen) atoms. The van der Waals surface area contributed by atoms with Crippen LogP contribution in [-0.2, 0) is 22.3 Å². The highest BCUT2D eigenvalue weighted by Crippen LogP contribution is 2.61. The Bertz CT molecular complexity index is 1460. The maximum absolute atomic E-state index is 12.6. The van der Waals surface area contributed by atoms with Gasteiger partial charge in [0, 0.05) is 37.1 Å². The Morgan fingerprint density at radius 1 is 0.875 bits per heavy atom. The van der Waals surface area contributed by atoms with Crippen LogP contribution in [0.5, 0.6) is 5.75 Å². The third-order valence-corrected chi connectivity index (χ3v) is 11.7. The topological polar surface area (TPSA) is 48.0 Å². The zero-order valence-electron chi connectivity index (χ0n) is 28.4. The number of carbonyl (C=O) groups is 1. The summed E-state index contributed by atoms with van der Waals surface area (Å²) in [6, 6.07) is 24.4. The number of aryl methyl sites for hydroxylation is 2. The lowest BCUT2D eigenvalue weighted by molar-refractivity contribution is -0.0771. The second-order valence-electron chi connectivity index (χ2n) is 14.1. The minimum absolute atomic E-state index is 0.240. The Balaban J connectivity index is 0.909. The van der Waals surface area contributed by atoms with Gasteiger partial charge in [-0.05, 0) is 134 Å². The number of benzene rings is 3. The molecule has 0 aromatic heterocycles. The molecule has 3 aliphatic carbocycles. The van der Waals surface area contributed by atoms with E-state index in [2.05, 4.69) is 48.2 Å². The van der Waals surface area contributed by atoms with Crippen molar-refractivity contribution in [1.29, 1.82) is 0 Å². The summed E-state index contributed by atoms with van der Waals surface area (Å²) in [5.74, 6) is 3.53. The van der Waals surface area contributed by atoms with Gasteiger partial charge in [0.25, 0.3) is 0 Å². The Morgan fingerprint density at radius 2 is 1.67 bits per heavy atom. The molecule has 0 N–H and O–H groups in total. The van der Waals surface area contributed by atoms with Gasteiger partial charge in [-0.1, -0.05) is 43.3 Å². The summed E-state index contributed by atoms with van der Waals surface area (Å²) in [6.45, 7) is 6.24. The standard InChI is InChI=1S/C41H51Cl2NO4/c1-41-21-20-36-35-17-15-34(48-40(45)31-8-3-2-4-9-31)29-32(35)12-16-37(36)38(41)18-19-39(41)47-28-27-46-26-6-5-7-30-10-13-33(14-11-30)44(24-22-42)25-23-43/h2-4,8-11,13-15,17,29,36-39H,5-7,12,16,18-28H2,1H3/t36?,37?,38?,39?,41-/m0/s1. The van der Waals surface area contributed by atoms with Gasteiger partial charge in [-0.15, -0.1) is 23.2 Å². The fraction of sp³-hybridized carbons (Fsp3) is 0.537. The number of ether oxygens (including phenoxy) is 3. The first-order valence-corrected chi connectivity index (χ1v) is 19.1. The first-order chi connectivity index (χ1) is 23.5. The number of fused-ring (bicyclic) bond motifs is 5. The molecular formula is C41H51Cl2NO4. The molecule has 2 saturated carbocycles. The number of rotatable bonds is 16. The highest BCUT2D eigenvalue weighted by atomic mass is 35.5. The maximum atomic E-state index is 12.6. The fourth-order valence-electron chi connectivity index (χ4n) is 8.92. The molecule has 258 valence electrons. The van der Waals surface area contributed by atoms with Crippen LogP contribution < -0.4 is 9.64 Å². The number of nitrogens with zero attached hydrogens (tertiary/aromatic N) is 1. The van der Waals surface area contributed by atoms with Gasteiger partial charge in [-0.3, -0.25) is 0 Å². The maximum Gasteiger partial charge on any atom is 0.343 e. The number of anilines is 1. The summed E-state index contributed by atoms with van der Waals surface area (Å²) in [4.78, 5) is 14.8. The quantitative estimate of drug-likeness (QED) is 0.0648. The molecule has 0 saturated heterocycles. The Hall–Kier alpha value is -2.57. The summed E-state index contributed by atoms with van der Waals surface area (Å²) in [6.07, 6.45) is 10.6. The van der Waals surface area contributed by atoms with Gasteiger partial charge in [-0.2, -0.15) is 0 Å². The normalized spacial score (nSPS) is 24.4. The number of alkyl halides is 2. The monoisotopic (exact) mass is 691 g/mol. The SMILES string of the molecule is C[C@]12CCC3c4ccc(OC(=O)c5ccccc5)cc4CCC3C1CCC2OCCOCCCCc1ccc(N(CCCl)CCCl)cc1. The number of hydrogen-bond acceptors (Lipinski definition) is 5. The summed E-state index contributed by atoms with van der Waals surface area (Å²) < 4.78 is 18.3. The molecule has 2 fully saturated rings. The Kier molecular flexibility index (Phi) is 12.4. The van der Waals surface area contributed by atoms with Crippen LogP contribution in [0.1, 0.15) is 84.8 Å². The van der Waals surface area contributed by atoms with Gasteiger partial charge in [-0.25, -0.2) is 4.79 Å². The summed E-state index contributed by atoms with van der Waals surface area (Å²) in [5, 5.41) is 0. The van der Waals surface area contributed by atoms with Crippen molar-refractivity contribution in [3.63, 3.8) is 0 Å². The van der Waals surface area contributed by atoms with Crippen molar-refractivity contribution in [2.24, 2.45) is 17.3 Å². The van der Waals surface area contributed by atoms with E-state index >= 15 is 0 Å². The van der Waals surface area contributed by atoms with Crippen molar-refractivity contribution < 1.29 is 19.0 Å². The smallest absolute Gasteiger partial charge is 0.343 e. The van der Waals surface area contributed by atoms with E-state index in [9.17, 15) is 4.79 Å². The Labute approximate surface area is 297 Å². The van der Waals surface area contributed by atoms with Crippen LogP contribution in [0, 0.1) is 17.3 Å². The predicted octanol–water partition coefficient (Wildman–Crippen LogP) is 9.47. The van der Waals surface area contributed by atoms with E-state index in [1.54, 1.807) is 12.1 Å². The predicted molar refractivity (Wildman–Crippen MR) is 196 cm³/mol. The summed E-state index contributed by atoms with van der Waals surface area (Å²) in [7, 11) is 0. The lowest BCUT2D eigenvalue weighted by atomic mass is 9.55. The minimum Gasteiger partial charge on any atom is -0.423 e.